The van der Waals surface area contributed by atoms with Crippen LogP contribution in [0, 0.1) is 28.6 Å². The van der Waals surface area contributed by atoms with Crippen molar-refractivity contribution in [1.29, 1.82) is 0 Å². The van der Waals surface area contributed by atoms with Crippen LogP contribution in [0.15, 0.2) is 11.6 Å². The second-order valence-electron chi connectivity index (χ2n) is 9.02. The summed E-state index contributed by atoms with van der Waals surface area (Å²) in [5.41, 5.74) is 1.88. The molecule has 3 aliphatic rings. The lowest BCUT2D eigenvalue weighted by Crippen LogP contribution is -2.50. The topological polar surface area (TPSA) is 38.7 Å². The number of rotatable bonds is 5. The average molecular weight is 337 g/mol. The van der Waals surface area contributed by atoms with Crippen LogP contribution < -0.4 is 0 Å². The fourth-order valence-corrected chi connectivity index (χ4v) is 5.98. The largest absolute Gasteiger partial charge is 0.392 e. The third kappa shape index (κ3) is 3.08. The van der Waals surface area contributed by atoms with Crippen molar-refractivity contribution in [3.63, 3.8) is 0 Å². The second-order valence-corrected chi connectivity index (χ2v) is 9.02. The number of allylic oxidation sites excluding steroid dienone is 1. The van der Waals surface area contributed by atoms with Gasteiger partial charge in [-0.25, -0.2) is 0 Å². The zero-order valence-corrected chi connectivity index (χ0v) is 16.0. The van der Waals surface area contributed by atoms with Gasteiger partial charge >= 0.3 is 0 Å². The minimum atomic E-state index is 0.00968. The summed E-state index contributed by atoms with van der Waals surface area (Å²) in [5.74, 6) is 2.10. The van der Waals surface area contributed by atoms with Crippen LogP contribution in [0.5, 0.6) is 0 Å². The summed E-state index contributed by atoms with van der Waals surface area (Å²) < 4.78 is 11.1. The van der Waals surface area contributed by atoms with E-state index in [1.165, 1.54) is 37.7 Å². The number of aliphatic hydroxyl groups excluding tert-OH is 1. The lowest BCUT2D eigenvalue weighted by Gasteiger charge is -2.58. The predicted molar refractivity (Wildman–Crippen MR) is 96.6 cm³/mol. The van der Waals surface area contributed by atoms with E-state index in [-0.39, 0.29) is 18.3 Å². The standard InChI is InChI=1S/C21H36O3/c1-15-8-10-21(3)17(13-22)6-5-7-18(21)20(15,2)11-9-16-12-19(23-4)24-14-16/h6,15-16,18-19,22H,5,7-14H2,1-4H3/t15-,16+,18-,19-,20+,21+/m1/s1. The van der Waals surface area contributed by atoms with Gasteiger partial charge in [0.2, 0.25) is 0 Å². The molecule has 0 aromatic heterocycles. The monoisotopic (exact) mass is 336 g/mol. The van der Waals surface area contributed by atoms with Gasteiger partial charge in [0.05, 0.1) is 13.2 Å². The third-order valence-electron chi connectivity index (χ3n) is 7.94. The molecule has 1 N–H and O–H groups in total. The van der Waals surface area contributed by atoms with Gasteiger partial charge in [-0.1, -0.05) is 26.8 Å². The molecular formula is C21H36O3. The molecule has 1 saturated heterocycles. The zero-order chi connectivity index (χ0) is 17.4. The number of ether oxygens (including phenoxy) is 2. The van der Waals surface area contributed by atoms with Gasteiger partial charge in [0.25, 0.3) is 0 Å². The molecule has 0 aromatic rings. The second kappa shape index (κ2) is 7.09. The Morgan fingerprint density at radius 1 is 1.33 bits per heavy atom. The summed E-state index contributed by atoms with van der Waals surface area (Å²) in [5, 5.41) is 9.89. The highest BCUT2D eigenvalue weighted by Gasteiger charge is 2.53. The van der Waals surface area contributed by atoms with Crippen molar-refractivity contribution in [2.75, 3.05) is 20.3 Å². The van der Waals surface area contributed by atoms with Crippen molar-refractivity contribution in [1.82, 2.24) is 0 Å². The highest BCUT2D eigenvalue weighted by molar-refractivity contribution is 5.22. The maximum atomic E-state index is 9.89. The van der Waals surface area contributed by atoms with Crippen molar-refractivity contribution >= 4 is 0 Å². The summed E-state index contributed by atoms with van der Waals surface area (Å²) in [7, 11) is 1.74. The van der Waals surface area contributed by atoms with Crippen LogP contribution >= 0.6 is 0 Å². The van der Waals surface area contributed by atoms with Crippen molar-refractivity contribution in [3.8, 4) is 0 Å². The number of hydrogen-bond donors (Lipinski definition) is 1. The predicted octanol–water partition coefficient (Wildman–Crippen LogP) is 4.55. The molecule has 0 unspecified atom stereocenters. The Kier molecular flexibility index (Phi) is 5.44. The maximum absolute atomic E-state index is 9.89. The minimum Gasteiger partial charge on any atom is -0.392 e. The molecule has 1 heterocycles. The first kappa shape index (κ1) is 18.4. The van der Waals surface area contributed by atoms with E-state index in [1.807, 2.05) is 0 Å². The Morgan fingerprint density at radius 3 is 2.79 bits per heavy atom. The van der Waals surface area contributed by atoms with E-state index < -0.39 is 0 Å². The van der Waals surface area contributed by atoms with E-state index in [4.69, 9.17) is 9.47 Å². The fraction of sp³-hybridized carbons (Fsp3) is 0.905. The first-order valence-electron chi connectivity index (χ1n) is 9.89. The normalized spacial score (nSPS) is 45.8. The first-order valence-corrected chi connectivity index (χ1v) is 9.89. The number of methoxy groups -OCH3 is 1. The van der Waals surface area contributed by atoms with Crippen LogP contribution in [0.25, 0.3) is 0 Å². The van der Waals surface area contributed by atoms with E-state index >= 15 is 0 Å². The molecule has 0 bridgehead atoms. The number of fused-ring (bicyclic) bond motifs is 1. The molecule has 138 valence electrons. The van der Waals surface area contributed by atoms with Crippen LogP contribution in [0.4, 0.5) is 0 Å². The molecule has 24 heavy (non-hydrogen) atoms. The van der Waals surface area contributed by atoms with Gasteiger partial charge in [0.15, 0.2) is 6.29 Å². The molecule has 0 radical (unpaired) electrons. The first-order chi connectivity index (χ1) is 11.4. The van der Waals surface area contributed by atoms with Crippen LogP contribution in [-0.2, 0) is 9.47 Å². The van der Waals surface area contributed by atoms with Crippen LogP contribution in [0.3, 0.4) is 0 Å². The molecule has 6 atom stereocenters. The quantitative estimate of drug-likeness (QED) is 0.749. The highest BCUT2D eigenvalue weighted by atomic mass is 16.7. The molecule has 0 amide bonds. The van der Waals surface area contributed by atoms with Gasteiger partial charge in [0.1, 0.15) is 0 Å². The van der Waals surface area contributed by atoms with Crippen LogP contribution in [0.1, 0.15) is 65.7 Å². The van der Waals surface area contributed by atoms with Crippen molar-refractivity contribution < 1.29 is 14.6 Å². The van der Waals surface area contributed by atoms with Gasteiger partial charge in [-0.15, -0.1) is 0 Å². The summed E-state index contributed by atoms with van der Waals surface area (Å²) in [4.78, 5) is 0. The SMILES string of the molecule is CO[C@H]1C[C@H](CC[C@@]2(C)[C@H](C)CC[C@@]3(C)C(CO)=CCC[C@H]23)CO1. The molecule has 0 aromatic carbocycles. The summed E-state index contributed by atoms with van der Waals surface area (Å²) >= 11 is 0. The Bertz CT molecular complexity index is 474. The lowest BCUT2D eigenvalue weighted by atomic mass is 9.46. The van der Waals surface area contributed by atoms with E-state index in [2.05, 4.69) is 26.8 Å². The zero-order valence-electron chi connectivity index (χ0n) is 16.0. The van der Waals surface area contributed by atoms with Crippen molar-refractivity contribution in [2.24, 2.45) is 28.6 Å². The molecule has 1 saturated carbocycles. The van der Waals surface area contributed by atoms with E-state index in [0.29, 0.717) is 17.3 Å². The molecule has 2 aliphatic carbocycles. The molecule has 1 aliphatic heterocycles. The number of hydrogen-bond acceptors (Lipinski definition) is 3. The van der Waals surface area contributed by atoms with Gasteiger partial charge in [0, 0.05) is 13.5 Å². The van der Waals surface area contributed by atoms with Crippen molar-refractivity contribution in [3.05, 3.63) is 11.6 Å². The van der Waals surface area contributed by atoms with E-state index in [0.717, 1.165) is 25.4 Å². The summed E-state index contributed by atoms with van der Waals surface area (Å²) in [6.07, 6.45) is 10.8. The molecule has 3 nitrogen and oxygen atoms in total. The van der Waals surface area contributed by atoms with Crippen LogP contribution in [-0.4, -0.2) is 31.7 Å². The Morgan fingerprint density at radius 2 is 2.12 bits per heavy atom. The van der Waals surface area contributed by atoms with Crippen molar-refractivity contribution in [2.45, 2.75) is 72.0 Å². The summed E-state index contributed by atoms with van der Waals surface area (Å²) in [6.45, 7) is 8.50. The van der Waals surface area contributed by atoms with Gasteiger partial charge in [-0.05, 0) is 72.7 Å². The number of aliphatic hydroxyl groups is 1. The van der Waals surface area contributed by atoms with Gasteiger partial charge in [-0.3, -0.25) is 0 Å². The summed E-state index contributed by atoms with van der Waals surface area (Å²) in [6, 6.07) is 0. The Balaban J connectivity index is 1.73. The van der Waals surface area contributed by atoms with Gasteiger partial charge in [-0.2, -0.15) is 0 Å². The minimum absolute atomic E-state index is 0.00968. The van der Waals surface area contributed by atoms with Gasteiger partial charge < -0.3 is 14.6 Å². The molecule has 3 rings (SSSR count). The smallest absolute Gasteiger partial charge is 0.157 e. The highest BCUT2D eigenvalue weighted by Crippen LogP contribution is 2.62. The molecule has 0 spiro atoms. The van der Waals surface area contributed by atoms with Crippen LogP contribution in [0.2, 0.25) is 0 Å². The van der Waals surface area contributed by atoms with E-state index in [9.17, 15) is 5.11 Å². The molecular weight excluding hydrogens is 300 g/mol. The third-order valence-corrected chi connectivity index (χ3v) is 7.94. The lowest BCUT2D eigenvalue weighted by molar-refractivity contribution is -0.0881. The van der Waals surface area contributed by atoms with E-state index in [1.54, 1.807) is 7.11 Å². The average Bonchev–Trinajstić information content (AvgIpc) is 3.05. The Labute approximate surface area is 147 Å². The molecule has 2 fully saturated rings. The molecule has 3 heteroatoms. The maximum Gasteiger partial charge on any atom is 0.157 e. The fourth-order valence-electron chi connectivity index (χ4n) is 5.98. The Hall–Kier alpha value is -0.380.